The average Bonchev–Trinajstić information content (AvgIpc) is 3.11. The van der Waals surface area contributed by atoms with Gasteiger partial charge in [-0.25, -0.2) is 9.78 Å². The lowest BCUT2D eigenvalue weighted by Crippen LogP contribution is -2.32. The topological polar surface area (TPSA) is 81.4 Å². The zero-order valence-corrected chi connectivity index (χ0v) is 14.9. The van der Waals surface area contributed by atoms with Crippen molar-refractivity contribution in [3.63, 3.8) is 0 Å². The number of anilines is 1. The summed E-state index contributed by atoms with van der Waals surface area (Å²) in [5, 5.41) is 2.80. The van der Waals surface area contributed by atoms with Gasteiger partial charge in [-0.2, -0.15) is 0 Å². The van der Waals surface area contributed by atoms with Gasteiger partial charge in [0, 0.05) is 5.69 Å². The number of esters is 1. The van der Waals surface area contributed by atoms with Gasteiger partial charge < -0.3 is 14.5 Å². The van der Waals surface area contributed by atoms with Crippen LogP contribution in [0, 0.1) is 13.8 Å². The Kier molecular flexibility index (Phi) is 5.02. The van der Waals surface area contributed by atoms with Gasteiger partial charge in [0.15, 0.2) is 18.1 Å². The van der Waals surface area contributed by atoms with Gasteiger partial charge in [-0.1, -0.05) is 19.1 Å². The highest BCUT2D eigenvalue weighted by molar-refractivity contribution is 6.03. The lowest BCUT2D eigenvalue weighted by molar-refractivity contribution is -0.124. The van der Waals surface area contributed by atoms with Gasteiger partial charge in [0.2, 0.25) is 0 Å². The molecule has 0 saturated carbocycles. The number of para-hydroxylation sites is 1. The third kappa shape index (κ3) is 3.59. The Morgan fingerprint density at radius 1 is 1.19 bits per heavy atom. The highest BCUT2D eigenvalue weighted by Crippen LogP contribution is 2.19. The predicted molar refractivity (Wildman–Crippen MR) is 98.0 cm³/mol. The van der Waals surface area contributed by atoms with E-state index in [1.165, 1.54) is 6.39 Å². The molecule has 0 aliphatic carbocycles. The summed E-state index contributed by atoms with van der Waals surface area (Å²) in [6, 6.07) is 10.6. The molecule has 2 aromatic carbocycles. The molecule has 3 rings (SSSR count). The molecule has 0 bridgehead atoms. The third-order valence-corrected chi connectivity index (χ3v) is 4.27. The number of rotatable bonds is 5. The van der Waals surface area contributed by atoms with Gasteiger partial charge >= 0.3 is 5.97 Å². The lowest BCUT2D eigenvalue weighted by Gasteiger charge is -2.16. The number of aromatic nitrogens is 1. The molecule has 0 fully saturated rings. The molecule has 6 heteroatoms. The number of carbonyl (C=O) groups excluding carboxylic acids is 2. The fourth-order valence-electron chi connectivity index (χ4n) is 2.61. The summed E-state index contributed by atoms with van der Waals surface area (Å²) in [4.78, 5) is 29.0. The Morgan fingerprint density at radius 2 is 2.00 bits per heavy atom. The molecule has 0 saturated heterocycles. The fourth-order valence-corrected chi connectivity index (χ4v) is 2.61. The van der Waals surface area contributed by atoms with Crippen molar-refractivity contribution in [2.75, 3.05) is 5.32 Å². The van der Waals surface area contributed by atoms with E-state index in [9.17, 15) is 9.59 Å². The summed E-state index contributed by atoms with van der Waals surface area (Å²) in [6.45, 7) is 5.76. The number of benzene rings is 2. The van der Waals surface area contributed by atoms with Crippen molar-refractivity contribution in [1.29, 1.82) is 0 Å². The van der Waals surface area contributed by atoms with E-state index >= 15 is 0 Å². The number of hydrogen-bond donors (Lipinski definition) is 1. The Labute approximate surface area is 151 Å². The number of carbonyl (C=O) groups is 2. The predicted octanol–water partition coefficient (Wildman–Crippen LogP) is 4.02. The Balaban J connectivity index is 1.74. The number of aryl methyl sites for hydroxylation is 2. The van der Waals surface area contributed by atoms with Gasteiger partial charge in [0.05, 0.1) is 5.56 Å². The fraction of sp³-hybridized carbons (Fsp3) is 0.250. The minimum Gasteiger partial charge on any atom is -0.449 e. The molecule has 0 spiro atoms. The summed E-state index contributed by atoms with van der Waals surface area (Å²) < 4.78 is 10.6. The summed E-state index contributed by atoms with van der Waals surface area (Å²) in [5.41, 5.74) is 4.07. The van der Waals surface area contributed by atoms with E-state index in [0.29, 0.717) is 23.2 Å². The molecule has 1 aromatic heterocycles. The van der Waals surface area contributed by atoms with Crippen molar-refractivity contribution in [3.8, 4) is 0 Å². The van der Waals surface area contributed by atoms with Crippen LogP contribution in [-0.4, -0.2) is 23.0 Å². The first-order chi connectivity index (χ1) is 12.5. The van der Waals surface area contributed by atoms with E-state index < -0.39 is 12.1 Å². The maximum atomic E-state index is 12.5. The number of nitrogens with one attached hydrogen (secondary N) is 1. The molecule has 1 N–H and O–H groups in total. The highest BCUT2D eigenvalue weighted by Gasteiger charge is 2.24. The second-order valence-corrected chi connectivity index (χ2v) is 6.10. The van der Waals surface area contributed by atoms with Gasteiger partial charge in [-0.3, -0.25) is 4.79 Å². The monoisotopic (exact) mass is 352 g/mol. The molecule has 26 heavy (non-hydrogen) atoms. The molecule has 1 amide bonds. The Morgan fingerprint density at radius 3 is 2.73 bits per heavy atom. The standard InChI is InChI=1S/C20H20N2O4/c1-4-16(19(23)22-14-9-8-12(2)13(3)10-14)26-20(24)15-6-5-7-17-18(15)21-11-25-17/h5-11,16H,4H2,1-3H3,(H,22,23). The van der Waals surface area contributed by atoms with Crippen LogP contribution in [0.3, 0.4) is 0 Å². The van der Waals surface area contributed by atoms with E-state index in [0.717, 1.165) is 11.1 Å². The van der Waals surface area contributed by atoms with Crippen LogP contribution in [0.5, 0.6) is 0 Å². The van der Waals surface area contributed by atoms with E-state index in [1.54, 1.807) is 25.1 Å². The Bertz CT molecular complexity index is 961. The number of ether oxygens (including phenoxy) is 1. The summed E-state index contributed by atoms with van der Waals surface area (Å²) >= 11 is 0. The molecule has 0 aliphatic rings. The van der Waals surface area contributed by atoms with Crippen LogP contribution in [0.1, 0.15) is 34.8 Å². The molecular weight excluding hydrogens is 332 g/mol. The number of amides is 1. The second-order valence-electron chi connectivity index (χ2n) is 6.10. The number of fused-ring (bicyclic) bond motifs is 1. The molecule has 134 valence electrons. The van der Waals surface area contributed by atoms with E-state index in [-0.39, 0.29) is 11.5 Å². The minimum absolute atomic E-state index is 0.272. The zero-order valence-electron chi connectivity index (χ0n) is 14.9. The van der Waals surface area contributed by atoms with Crippen molar-refractivity contribution < 1.29 is 18.7 Å². The van der Waals surface area contributed by atoms with Crippen LogP contribution in [0.25, 0.3) is 11.1 Å². The number of hydrogen-bond acceptors (Lipinski definition) is 5. The van der Waals surface area contributed by atoms with E-state index in [1.807, 2.05) is 32.0 Å². The average molecular weight is 352 g/mol. The van der Waals surface area contributed by atoms with Crippen LogP contribution >= 0.6 is 0 Å². The maximum absolute atomic E-state index is 12.5. The lowest BCUT2D eigenvalue weighted by atomic mass is 10.1. The molecule has 1 atom stereocenters. The molecule has 0 aliphatic heterocycles. The number of nitrogens with zero attached hydrogens (tertiary/aromatic N) is 1. The van der Waals surface area contributed by atoms with Crippen molar-refractivity contribution in [2.24, 2.45) is 0 Å². The van der Waals surface area contributed by atoms with Crippen molar-refractivity contribution in [3.05, 3.63) is 59.5 Å². The number of oxazole rings is 1. The Hall–Kier alpha value is -3.15. The highest BCUT2D eigenvalue weighted by atomic mass is 16.5. The van der Waals surface area contributed by atoms with Crippen molar-refractivity contribution >= 4 is 28.7 Å². The first-order valence-corrected chi connectivity index (χ1v) is 8.41. The normalized spacial score (nSPS) is 12.0. The van der Waals surface area contributed by atoms with Crippen LogP contribution in [-0.2, 0) is 9.53 Å². The molecule has 1 heterocycles. The SMILES string of the molecule is CCC(OC(=O)c1cccc2ocnc12)C(=O)Nc1ccc(C)c(C)c1. The second kappa shape index (κ2) is 7.39. The summed E-state index contributed by atoms with van der Waals surface area (Å²) in [7, 11) is 0. The minimum atomic E-state index is -0.897. The third-order valence-electron chi connectivity index (χ3n) is 4.27. The van der Waals surface area contributed by atoms with Gasteiger partial charge in [-0.05, 0) is 55.7 Å². The quantitative estimate of drug-likeness (QED) is 0.702. The van der Waals surface area contributed by atoms with Crippen molar-refractivity contribution in [2.45, 2.75) is 33.3 Å². The van der Waals surface area contributed by atoms with Crippen molar-refractivity contribution in [1.82, 2.24) is 4.98 Å². The smallest absolute Gasteiger partial charge is 0.341 e. The maximum Gasteiger partial charge on any atom is 0.341 e. The van der Waals surface area contributed by atoms with Crippen LogP contribution in [0.15, 0.2) is 47.2 Å². The molecule has 3 aromatic rings. The molecule has 0 radical (unpaired) electrons. The van der Waals surface area contributed by atoms with Gasteiger partial charge in [-0.15, -0.1) is 0 Å². The van der Waals surface area contributed by atoms with Gasteiger partial charge in [0.25, 0.3) is 5.91 Å². The van der Waals surface area contributed by atoms with E-state index in [4.69, 9.17) is 9.15 Å². The summed E-state index contributed by atoms with van der Waals surface area (Å²) in [5.74, 6) is -0.969. The largest absolute Gasteiger partial charge is 0.449 e. The van der Waals surface area contributed by atoms with Crippen LogP contribution < -0.4 is 5.32 Å². The van der Waals surface area contributed by atoms with E-state index in [2.05, 4.69) is 10.3 Å². The summed E-state index contributed by atoms with van der Waals surface area (Å²) in [6.07, 6.45) is 0.730. The van der Waals surface area contributed by atoms with Crippen LogP contribution in [0.2, 0.25) is 0 Å². The molecule has 1 unspecified atom stereocenters. The molecular formula is C20H20N2O4. The first-order valence-electron chi connectivity index (χ1n) is 8.41. The van der Waals surface area contributed by atoms with Gasteiger partial charge in [0.1, 0.15) is 5.52 Å². The van der Waals surface area contributed by atoms with Crippen LogP contribution in [0.4, 0.5) is 5.69 Å². The first kappa shape index (κ1) is 17.7. The zero-order chi connectivity index (χ0) is 18.7. The molecule has 6 nitrogen and oxygen atoms in total.